The summed E-state index contributed by atoms with van der Waals surface area (Å²) in [4.78, 5) is 25.1. The van der Waals surface area contributed by atoms with Crippen LogP contribution in [-0.4, -0.2) is 21.7 Å². The van der Waals surface area contributed by atoms with E-state index in [0.29, 0.717) is 22.8 Å². The lowest BCUT2D eigenvalue weighted by Crippen LogP contribution is -2.30. The fourth-order valence-electron chi connectivity index (χ4n) is 3.36. The normalized spacial score (nSPS) is 15.8. The number of aromatic nitrogens is 2. The molecule has 0 spiro atoms. The molecule has 136 valence electrons. The number of esters is 1. The molecule has 0 saturated carbocycles. The van der Waals surface area contributed by atoms with Crippen molar-refractivity contribution in [2.45, 2.75) is 26.2 Å². The van der Waals surface area contributed by atoms with Gasteiger partial charge in [0.25, 0.3) is 0 Å². The summed E-state index contributed by atoms with van der Waals surface area (Å²) in [5, 5.41) is 7.42. The molecule has 1 aliphatic heterocycles. The Labute approximate surface area is 156 Å². The Morgan fingerprint density at radius 1 is 1.15 bits per heavy atom. The molecule has 0 aliphatic carbocycles. The summed E-state index contributed by atoms with van der Waals surface area (Å²) in [6.45, 7) is 3.78. The average Bonchev–Trinajstić information content (AvgIpc) is 2.98. The molecule has 6 nitrogen and oxygen atoms in total. The zero-order valence-corrected chi connectivity index (χ0v) is 15.1. The number of fused-ring (bicyclic) bond motifs is 1. The minimum absolute atomic E-state index is 0.00796. The molecule has 0 fully saturated rings. The van der Waals surface area contributed by atoms with Gasteiger partial charge in [-0.3, -0.25) is 9.59 Å². The highest BCUT2D eigenvalue weighted by Gasteiger charge is 2.37. The lowest BCUT2D eigenvalue weighted by molar-refractivity contribution is -0.138. The number of nitrogens with zero attached hydrogens (tertiary/aromatic N) is 2. The molecule has 1 amide bonds. The van der Waals surface area contributed by atoms with Crippen LogP contribution in [0.2, 0.25) is 0 Å². The lowest BCUT2D eigenvalue weighted by Gasteiger charge is -2.22. The Bertz CT molecular complexity index is 1020. The smallest absolute Gasteiger partial charge is 0.313 e. The van der Waals surface area contributed by atoms with Gasteiger partial charge >= 0.3 is 5.97 Å². The van der Waals surface area contributed by atoms with E-state index in [2.05, 4.69) is 10.4 Å². The number of ether oxygens (including phenoxy) is 1. The Morgan fingerprint density at radius 3 is 2.67 bits per heavy atom. The summed E-state index contributed by atoms with van der Waals surface area (Å²) < 4.78 is 7.05. The van der Waals surface area contributed by atoms with Crippen molar-refractivity contribution in [3.05, 3.63) is 71.4 Å². The SMILES string of the molecule is Cc1cccc(NC(=O)[C@H]2CC(=O)Oc3c2c(C)nn3-c2ccccc2)c1. The van der Waals surface area contributed by atoms with E-state index in [1.165, 1.54) is 0 Å². The molecule has 2 heterocycles. The van der Waals surface area contributed by atoms with Gasteiger partial charge in [-0.2, -0.15) is 5.10 Å². The van der Waals surface area contributed by atoms with Gasteiger partial charge in [-0.05, 0) is 43.7 Å². The van der Waals surface area contributed by atoms with Crippen molar-refractivity contribution >= 4 is 17.6 Å². The Kier molecular flexibility index (Phi) is 4.24. The van der Waals surface area contributed by atoms with Crippen molar-refractivity contribution in [3.8, 4) is 11.6 Å². The van der Waals surface area contributed by atoms with Crippen molar-refractivity contribution in [1.29, 1.82) is 0 Å². The first-order valence-electron chi connectivity index (χ1n) is 8.76. The van der Waals surface area contributed by atoms with Crippen LogP contribution >= 0.6 is 0 Å². The first-order chi connectivity index (χ1) is 13.0. The Balaban J connectivity index is 1.72. The van der Waals surface area contributed by atoms with Crippen LogP contribution in [0.5, 0.6) is 5.88 Å². The molecule has 2 aromatic carbocycles. The van der Waals surface area contributed by atoms with Crippen LogP contribution in [0.1, 0.15) is 29.2 Å². The van der Waals surface area contributed by atoms with Gasteiger partial charge in [-0.1, -0.05) is 30.3 Å². The third-order valence-corrected chi connectivity index (χ3v) is 4.60. The topological polar surface area (TPSA) is 73.2 Å². The Hall–Kier alpha value is -3.41. The number of nitrogens with one attached hydrogen (secondary N) is 1. The van der Waals surface area contributed by atoms with E-state index in [-0.39, 0.29) is 12.3 Å². The zero-order chi connectivity index (χ0) is 19.0. The largest absolute Gasteiger partial charge is 0.407 e. The Morgan fingerprint density at radius 2 is 1.93 bits per heavy atom. The summed E-state index contributed by atoms with van der Waals surface area (Å²) in [7, 11) is 0. The molecule has 0 radical (unpaired) electrons. The van der Waals surface area contributed by atoms with Gasteiger partial charge < -0.3 is 10.1 Å². The standard InChI is InChI=1S/C21H19N3O3/c1-13-7-6-8-15(11-13)22-20(26)17-12-18(25)27-21-19(17)14(2)23-24(21)16-9-4-3-5-10-16/h3-11,17H,12H2,1-2H3,(H,22,26)/t17-/m0/s1. The van der Waals surface area contributed by atoms with E-state index in [1.54, 1.807) is 4.68 Å². The van der Waals surface area contributed by atoms with Crippen molar-refractivity contribution in [2.24, 2.45) is 0 Å². The van der Waals surface area contributed by atoms with Crippen LogP contribution in [0.15, 0.2) is 54.6 Å². The molecule has 27 heavy (non-hydrogen) atoms. The van der Waals surface area contributed by atoms with E-state index in [1.807, 2.05) is 68.4 Å². The highest BCUT2D eigenvalue weighted by atomic mass is 16.5. The van der Waals surface area contributed by atoms with Gasteiger partial charge in [0, 0.05) is 5.69 Å². The molecule has 3 aromatic rings. The average molecular weight is 361 g/mol. The number of rotatable bonds is 3. The molecule has 0 unspecified atom stereocenters. The molecule has 6 heteroatoms. The van der Waals surface area contributed by atoms with Gasteiger partial charge in [-0.25, -0.2) is 4.68 Å². The highest BCUT2D eigenvalue weighted by Crippen LogP contribution is 2.38. The van der Waals surface area contributed by atoms with E-state index in [4.69, 9.17) is 4.74 Å². The van der Waals surface area contributed by atoms with Crippen LogP contribution in [0.25, 0.3) is 5.69 Å². The second-order valence-electron chi connectivity index (χ2n) is 6.64. The number of amides is 1. The number of hydrogen-bond donors (Lipinski definition) is 1. The molecule has 1 aromatic heterocycles. The summed E-state index contributed by atoms with van der Waals surface area (Å²) >= 11 is 0. The molecule has 1 aliphatic rings. The molecular formula is C21H19N3O3. The number of benzene rings is 2. The molecule has 0 bridgehead atoms. The number of anilines is 1. The maximum absolute atomic E-state index is 12.9. The van der Waals surface area contributed by atoms with Gasteiger partial charge in [0.1, 0.15) is 0 Å². The van der Waals surface area contributed by atoms with Crippen LogP contribution in [-0.2, 0) is 9.59 Å². The quantitative estimate of drug-likeness (QED) is 0.725. The minimum atomic E-state index is -0.640. The summed E-state index contributed by atoms with van der Waals surface area (Å²) in [6.07, 6.45) is -0.00796. The summed E-state index contributed by atoms with van der Waals surface area (Å²) in [5.41, 5.74) is 3.85. The van der Waals surface area contributed by atoms with E-state index in [0.717, 1.165) is 11.3 Å². The van der Waals surface area contributed by atoms with Gasteiger partial charge in [0.05, 0.1) is 29.3 Å². The zero-order valence-electron chi connectivity index (χ0n) is 15.1. The van der Waals surface area contributed by atoms with Crippen LogP contribution < -0.4 is 10.1 Å². The van der Waals surface area contributed by atoms with E-state index >= 15 is 0 Å². The molecule has 4 rings (SSSR count). The van der Waals surface area contributed by atoms with Gasteiger partial charge in [0.2, 0.25) is 11.8 Å². The van der Waals surface area contributed by atoms with Gasteiger partial charge in [-0.15, -0.1) is 0 Å². The van der Waals surface area contributed by atoms with Crippen LogP contribution in [0.3, 0.4) is 0 Å². The number of hydrogen-bond acceptors (Lipinski definition) is 4. The van der Waals surface area contributed by atoms with Gasteiger partial charge in [0.15, 0.2) is 0 Å². The number of carbonyl (C=O) groups excluding carboxylic acids is 2. The fraction of sp³-hybridized carbons (Fsp3) is 0.190. The fourth-order valence-corrected chi connectivity index (χ4v) is 3.36. The van der Waals surface area contributed by atoms with Crippen molar-refractivity contribution < 1.29 is 14.3 Å². The predicted octanol–water partition coefficient (Wildman–Crippen LogP) is 3.52. The van der Waals surface area contributed by atoms with Crippen molar-refractivity contribution in [3.63, 3.8) is 0 Å². The number of carbonyl (C=O) groups is 2. The van der Waals surface area contributed by atoms with E-state index in [9.17, 15) is 9.59 Å². The van der Waals surface area contributed by atoms with Crippen molar-refractivity contribution in [2.75, 3.05) is 5.32 Å². The molecule has 1 N–H and O–H groups in total. The van der Waals surface area contributed by atoms with Crippen LogP contribution in [0.4, 0.5) is 5.69 Å². The lowest BCUT2D eigenvalue weighted by atomic mass is 9.93. The predicted molar refractivity (Wildman–Crippen MR) is 101 cm³/mol. The maximum atomic E-state index is 12.9. The minimum Gasteiger partial charge on any atom is -0.407 e. The second-order valence-corrected chi connectivity index (χ2v) is 6.64. The summed E-state index contributed by atoms with van der Waals surface area (Å²) in [6, 6.07) is 17.0. The first-order valence-corrected chi connectivity index (χ1v) is 8.76. The number of para-hydroxylation sites is 1. The second kappa shape index (κ2) is 6.72. The maximum Gasteiger partial charge on any atom is 0.313 e. The summed E-state index contributed by atoms with van der Waals surface area (Å²) in [5.74, 6) is -1.00. The molecular weight excluding hydrogens is 342 g/mol. The third kappa shape index (κ3) is 3.21. The highest BCUT2D eigenvalue weighted by molar-refractivity contribution is 5.99. The molecule has 1 atom stereocenters. The van der Waals surface area contributed by atoms with Crippen molar-refractivity contribution in [1.82, 2.24) is 9.78 Å². The molecule has 0 saturated heterocycles. The first kappa shape index (κ1) is 17.0. The monoisotopic (exact) mass is 361 g/mol. The van der Waals surface area contributed by atoms with E-state index < -0.39 is 11.9 Å². The third-order valence-electron chi connectivity index (χ3n) is 4.60. The number of aryl methyl sites for hydroxylation is 2. The van der Waals surface area contributed by atoms with Crippen LogP contribution in [0, 0.1) is 13.8 Å².